The number of hydrogen-bond donors (Lipinski definition) is 1. The third-order valence-corrected chi connectivity index (χ3v) is 3.45. The number of nitrogens with one attached hydrogen (secondary N) is 1. The summed E-state index contributed by atoms with van der Waals surface area (Å²) in [7, 11) is 0. The molecular weight excluding hydrogens is 287 g/mol. The third kappa shape index (κ3) is 7.98. The van der Waals surface area contributed by atoms with E-state index in [-0.39, 0.29) is 36.8 Å². The van der Waals surface area contributed by atoms with Gasteiger partial charge in [0.25, 0.3) is 0 Å². The summed E-state index contributed by atoms with van der Waals surface area (Å²) >= 11 is 0. The fourth-order valence-electron chi connectivity index (χ4n) is 2.24. The van der Waals surface area contributed by atoms with Crippen LogP contribution in [0.4, 0.5) is 0 Å². The second-order valence-corrected chi connectivity index (χ2v) is 4.75. The van der Waals surface area contributed by atoms with E-state index in [0.29, 0.717) is 12.6 Å². The molecule has 4 nitrogen and oxygen atoms in total. The molecule has 0 spiro atoms. The van der Waals surface area contributed by atoms with Crippen LogP contribution in [0.3, 0.4) is 0 Å². The molecule has 0 aliphatic carbocycles. The van der Waals surface area contributed by atoms with Crippen molar-refractivity contribution in [3.63, 3.8) is 0 Å². The van der Waals surface area contributed by atoms with Crippen molar-refractivity contribution in [2.24, 2.45) is 0 Å². The van der Waals surface area contributed by atoms with E-state index in [1.807, 2.05) is 0 Å². The number of likely N-dealkylation sites (N-methyl/N-ethyl adjacent to an activating group) is 1. The molecule has 0 aromatic carbocycles. The quantitative estimate of drug-likeness (QED) is 0.763. The van der Waals surface area contributed by atoms with Crippen LogP contribution in [0.15, 0.2) is 0 Å². The zero-order chi connectivity index (χ0) is 12.7. The van der Waals surface area contributed by atoms with Gasteiger partial charge in [-0.05, 0) is 39.3 Å². The number of piperidine rings is 1. The SMILES string of the molecule is CCN(CC)CCOC(=O)C1CCCC(C)N1.Cl.Cl. The number of halogens is 2. The second-order valence-electron chi connectivity index (χ2n) is 4.75. The monoisotopic (exact) mass is 314 g/mol. The lowest BCUT2D eigenvalue weighted by Gasteiger charge is -2.27. The van der Waals surface area contributed by atoms with Gasteiger partial charge in [-0.1, -0.05) is 13.8 Å². The van der Waals surface area contributed by atoms with Gasteiger partial charge in [0.15, 0.2) is 0 Å². The fourth-order valence-corrected chi connectivity index (χ4v) is 2.24. The lowest BCUT2D eigenvalue weighted by Crippen LogP contribution is -2.46. The molecule has 1 saturated heterocycles. The molecule has 1 aliphatic heterocycles. The lowest BCUT2D eigenvalue weighted by atomic mass is 10.00. The molecule has 116 valence electrons. The first kappa shape index (κ1) is 21.3. The first-order valence-corrected chi connectivity index (χ1v) is 6.82. The van der Waals surface area contributed by atoms with Crippen molar-refractivity contribution in [3.05, 3.63) is 0 Å². The van der Waals surface area contributed by atoms with Crippen LogP contribution in [0.25, 0.3) is 0 Å². The number of ether oxygens (including phenoxy) is 1. The summed E-state index contributed by atoms with van der Waals surface area (Å²) < 4.78 is 5.32. The van der Waals surface area contributed by atoms with Gasteiger partial charge in [-0.25, -0.2) is 0 Å². The average Bonchev–Trinajstić information content (AvgIpc) is 2.34. The number of rotatable bonds is 6. The Hall–Kier alpha value is -0.0300. The maximum atomic E-state index is 11.8. The highest BCUT2D eigenvalue weighted by atomic mass is 35.5. The summed E-state index contributed by atoms with van der Waals surface area (Å²) in [4.78, 5) is 14.1. The van der Waals surface area contributed by atoms with E-state index in [9.17, 15) is 4.79 Å². The zero-order valence-corrected chi connectivity index (χ0v) is 13.8. The Labute approximate surface area is 129 Å². The van der Waals surface area contributed by atoms with Gasteiger partial charge in [0.2, 0.25) is 0 Å². The standard InChI is InChI=1S/C13H26N2O2.2ClH/c1-4-15(5-2)9-10-17-13(16)12-8-6-7-11(3)14-12;;/h11-12,14H,4-10H2,1-3H3;2*1H. The van der Waals surface area contributed by atoms with Crippen molar-refractivity contribution in [1.82, 2.24) is 10.2 Å². The summed E-state index contributed by atoms with van der Waals surface area (Å²) in [6.07, 6.45) is 3.18. The molecular formula is C13H28Cl2N2O2. The molecule has 0 aromatic heterocycles. The summed E-state index contributed by atoms with van der Waals surface area (Å²) in [6.45, 7) is 9.72. The number of hydrogen-bond acceptors (Lipinski definition) is 4. The van der Waals surface area contributed by atoms with Gasteiger partial charge in [-0.15, -0.1) is 24.8 Å². The summed E-state index contributed by atoms with van der Waals surface area (Å²) in [5.41, 5.74) is 0. The molecule has 0 saturated carbocycles. The second kappa shape index (κ2) is 11.8. The van der Waals surface area contributed by atoms with Crippen LogP contribution in [0.1, 0.15) is 40.0 Å². The Bertz CT molecular complexity index is 239. The van der Waals surface area contributed by atoms with E-state index in [1.165, 1.54) is 0 Å². The highest BCUT2D eigenvalue weighted by molar-refractivity contribution is 5.85. The third-order valence-electron chi connectivity index (χ3n) is 3.45. The van der Waals surface area contributed by atoms with Crippen molar-refractivity contribution in [2.75, 3.05) is 26.2 Å². The predicted octanol–water partition coefficient (Wildman–Crippen LogP) is 2.25. The molecule has 0 amide bonds. The van der Waals surface area contributed by atoms with E-state index in [0.717, 1.165) is 38.9 Å². The van der Waals surface area contributed by atoms with Crippen molar-refractivity contribution < 1.29 is 9.53 Å². The number of carbonyl (C=O) groups is 1. The Morgan fingerprint density at radius 2 is 1.89 bits per heavy atom. The van der Waals surface area contributed by atoms with Gasteiger partial charge in [0, 0.05) is 12.6 Å². The maximum absolute atomic E-state index is 11.8. The van der Waals surface area contributed by atoms with Crippen molar-refractivity contribution in [3.8, 4) is 0 Å². The van der Waals surface area contributed by atoms with Gasteiger partial charge in [0.05, 0.1) is 0 Å². The fraction of sp³-hybridized carbons (Fsp3) is 0.923. The van der Waals surface area contributed by atoms with Crippen LogP contribution in [0, 0.1) is 0 Å². The highest BCUT2D eigenvalue weighted by Gasteiger charge is 2.25. The van der Waals surface area contributed by atoms with Crippen LogP contribution < -0.4 is 5.32 Å². The largest absolute Gasteiger partial charge is 0.463 e. The topological polar surface area (TPSA) is 41.6 Å². The molecule has 0 aromatic rings. The van der Waals surface area contributed by atoms with Gasteiger partial charge in [0.1, 0.15) is 12.6 Å². The van der Waals surface area contributed by atoms with E-state index >= 15 is 0 Å². The minimum Gasteiger partial charge on any atom is -0.463 e. The smallest absolute Gasteiger partial charge is 0.323 e. The van der Waals surface area contributed by atoms with Crippen LogP contribution in [-0.2, 0) is 9.53 Å². The molecule has 0 radical (unpaired) electrons. The van der Waals surface area contributed by atoms with Crippen LogP contribution >= 0.6 is 24.8 Å². The van der Waals surface area contributed by atoms with Gasteiger partial charge in [-0.3, -0.25) is 4.79 Å². The molecule has 1 N–H and O–H groups in total. The van der Waals surface area contributed by atoms with Crippen molar-refractivity contribution in [2.45, 2.75) is 52.1 Å². The number of nitrogens with zero attached hydrogens (tertiary/aromatic N) is 1. The molecule has 1 fully saturated rings. The van der Waals surface area contributed by atoms with Crippen molar-refractivity contribution >= 4 is 30.8 Å². The zero-order valence-electron chi connectivity index (χ0n) is 12.2. The molecule has 1 heterocycles. The van der Waals surface area contributed by atoms with Crippen LogP contribution in [0.5, 0.6) is 0 Å². The first-order chi connectivity index (χ1) is 8.17. The Kier molecular flexibility index (Phi) is 13.2. The van der Waals surface area contributed by atoms with Crippen LogP contribution in [-0.4, -0.2) is 49.2 Å². The maximum Gasteiger partial charge on any atom is 0.323 e. The molecule has 6 heteroatoms. The van der Waals surface area contributed by atoms with Gasteiger partial charge >= 0.3 is 5.97 Å². The molecule has 2 unspecified atom stereocenters. The Morgan fingerprint density at radius 3 is 2.42 bits per heavy atom. The summed E-state index contributed by atoms with van der Waals surface area (Å²) in [6, 6.07) is 0.347. The highest BCUT2D eigenvalue weighted by Crippen LogP contribution is 2.13. The molecule has 1 rings (SSSR count). The number of esters is 1. The van der Waals surface area contributed by atoms with E-state index in [2.05, 4.69) is 31.0 Å². The minimum absolute atomic E-state index is 0. The van der Waals surface area contributed by atoms with E-state index in [1.54, 1.807) is 0 Å². The predicted molar refractivity (Wildman–Crippen MR) is 83.5 cm³/mol. The number of carbonyl (C=O) groups excluding carboxylic acids is 1. The van der Waals surface area contributed by atoms with Gasteiger partial charge < -0.3 is 15.0 Å². The normalized spacial score (nSPS) is 22.3. The Balaban J connectivity index is 0. The molecule has 19 heavy (non-hydrogen) atoms. The summed E-state index contributed by atoms with van der Waals surface area (Å²) in [5.74, 6) is -0.0799. The van der Waals surface area contributed by atoms with E-state index < -0.39 is 0 Å². The molecule has 1 aliphatic rings. The van der Waals surface area contributed by atoms with Gasteiger partial charge in [-0.2, -0.15) is 0 Å². The van der Waals surface area contributed by atoms with Crippen LogP contribution in [0.2, 0.25) is 0 Å². The van der Waals surface area contributed by atoms with Crippen molar-refractivity contribution in [1.29, 1.82) is 0 Å². The lowest BCUT2D eigenvalue weighted by molar-refractivity contribution is -0.147. The Morgan fingerprint density at radius 1 is 1.26 bits per heavy atom. The first-order valence-electron chi connectivity index (χ1n) is 6.82. The molecule has 2 atom stereocenters. The molecule has 0 bridgehead atoms. The van der Waals surface area contributed by atoms with E-state index in [4.69, 9.17) is 4.74 Å². The average molecular weight is 315 g/mol. The minimum atomic E-state index is -0.0875. The summed E-state index contributed by atoms with van der Waals surface area (Å²) in [5, 5.41) is 3.29.